The van der Waals surface area contributed by atoms with Gasteiger partial charge in [0.15, 0.2) is 11.5 Å². The van der Waals surface area contributed by atoms with Gasteiger partial charge in [-0.25, -0.2) is 0 Å². The highest BCUT2D eigenvalue weighted by molar-refractivity contribution is 5.52. The number of aromatic hydroxyl groups is 1. The van der Waals surface area contributed by atoms with Crippen LogP contribution in [0.15, 0.2) is 12.1 Å². The summed E-state index contributed by atoms with van der Waals surface area (Å²) in [5.74, 6) is 0.969. The number of nitrogens with zero attached hydrogens (tertiary/aromatic N) is 1. The van der Waals surface area contributed by atoms with Crippen molar-refractivity contribution in [2.45, 2.75) is 25.9 Å². The van der Waals surface area contributed by atoms with Crippen LogP contribution < -0.4 is 4.74 Å². The van der Waals surface area contributed by atoms with Gasteiger partial charge in [0.1, 0.15) is 6.10 Å². The first-order valence-electron chi connectivity index (χ1n) is 5.73. The second kappa shape index (κ2) is 4.34. The molecule has 0 saturated heterocycles. The maximum absolute atomic E-state index is 9.72. The van der Waals surface area contributed by atoms with Crippen LogP contribution in [-0.2, 0) is 12.8 Å². The maximum atomic E-state index is 9.72. The van der Waals surface area contributed by atoms with Gasteiger partial charge in [-0.15, -0.1) is 0 Å². The van der Waals surface area contributed by atoms with Crippen molar-refractivity contribution >= 4 is 0 Å². The zero-order chi connectivity index (χ0) is 11.7. The molecule has 16 heavy (non-hydrogen) atoms. The summed E-state index contributed by atoms with van der Waals surface area (Å²) < 4.78 is 5.62. The van der Waals surface area contributed by atoms with Crippen molar-refractivity contribution in [2.75, 3.05) is 20.6 Å². The molecule has 0 fully saturated rings. The topological polar surface area (TPSA) is 32.7 Å². The molecular formula is C13H19NO2. The number of fused-ring (bicyclic) bond motifs is 1. The lowest BCUT2D eigenvalue weighted by Crippen LogP contribution is -2.15. The summed E-state index contributed by atoms with van der Waals surface area (Å²) in [4.78, 5) is 2.17. The molecule has 1 unspecified atom stereocenters. The standard InChI is InChI=1S/C13H19NO2/c1-9-8-11-10(6-7-14(2)3)4-5-12(15)13(11)16-9/h4-5,9,15H,6-8H2,1-3H3. The lowest BCUT2D eigenvalue weighted by Gasteiger charge is -2.12. The van der Waals surface area contributed by atoms with Crippen LogP contribution in [0.1, 0.15) is 18.1 Å². The van der Waals surface area contributed by atoms with Crippen LogP contribution in [0, 0.1) is 0 Å². The van der Waals surface area contributed by atoms with Crippen LogP contribution >= 0.6 is 0 Å². The third kappa shape index (κ3) is 2.14. The summed E-state index contributed by atoms with van der Waals surface area (Å²) in [5, 5.41) is 9.72. The van der Waals surface area contributed by atoms with E-state index in [2.05, 4.69) is 19.0 Å². The van der Waals surface area contributed by atoms with E-state index in [0.29, 0.717) is 5.75 Å². The van der Waals surface area contributed by atoms with Gasteiger partial charge in [-0.05, 0) is 39.1 Å². The molecule has 1 heterocycles. The molecule has 88 valence electrons. The van der Waals surface area contributed by atoms with Crippen molar-refractivity contribution in [2.24, 2.45) is 0 Å². The van der Waals surface area contributed by atoms with Crippen LogP contribution in [0.5, 0.6) is 11.5 Å². The second-order valence-electron chi connectivity index (χ2n) is 4.74. The van der Waals surface area contributed by atoms with Crippen molar-refractivity contribution in [3.63, 3.8) is 0 Å². The fourth-order valence-corrected chi connectivity index (χ4v) is 2.12. The van der Waals surface area contributed by atoms with E-state index in [1.807, 2.05) is 13.0 Å². The number of phenols is 1. The first kappa shape index (κ1) is 11.3. The summed E-state index contributed by atoms with van der Waals surface area (Å²) >= 11 is 0. The number of hydrogen-bond acceptors (Lipinski definition) is 3. The molecular weight excluding hydrogens is 202 g/mol. The van der Waals surface area contributed by atoms with E-state index < -0.39 is 0 Å². The quantitative estimate of drug-likeness (QED) is 0.845. The molecule has 1 aromatic rings. The molecule has 0 bridgehead atoms. The van der Waals surface area contributed by atoms with E-state index in [9.17, 15) is 5.11 Å². The summed E-state index contributed by atoms with van der Waals surface area (Å²) in [6, 6.07) is 3.75. The molecule has 1 N–H and O–H groups in total. The highest BCUT2D eigenvalue weighted by atomic mass is 16.5. The Labute approximate surface area is 96.6 Å². The Kier molecular flexibility index (Phi) is 3.06. The predicted molar refractivity (Wildman–Crippen MR) is 64.2 cm³/mol. The number of ether oxygens (including phenoxy) is 1. The normalized spacial score (nSPS) is 18.6. The summed E-state index contributed by atoms with van der Waals surface area (Å²) in [5.41, 5.74) is 2.49. The Morgan fingerprint density at radius 1 is 1.44 bits per heavy atom. The van der Waals surface area contributed by atoms with Crippen LogP contribution in [0.25, 0.3) is 0 Å². The number of hydrogen-bond donors (Lipinski definition) is 1. The lowest BCUT2D eigenvalue weighted by molar-refractivity contribution is 0.245. The van der Waals surface area contributed by atoms with Gasteiger partial charge in [-0.3, -0.25) is 0 Å². The Bertz CT molecular complexity index is 388. The molecule has 0 aromatic heterocycles. The Balaban J connectivity index is 2.24. The van der Waals surface area contributed by atoms with Crippen molar-refractivity contribution in [3.05, 3.63) is 23.3 Å². The zero-order valence-corrected chi connectivity index (χ0v) is 10.2. The molecule has 0 spiro atoms. The predicted octanol–water partition coefficient (Wildman–Crippen LogP) is 1.82. The molecule has 2 rings (SSSR count). The molecule has 0 saturated carbocycles. The highest BCUT2D eigenvalue weighted by Crippen LogP contribution is 2.39. The number of rotatable bonds is 3. The molecule has 0 radical (unpaired) electrons. The fraction of sp³-hybridized carbons (Fsp3) is 0.538. The van der Waals surface area contributed by atoms with Gasteiger partial charge in [0.25, 0.3) is 0 Å². The minimum absolute atomic E-state index is 0.182. The van der Waals surface area contributed by atoms with E-state index in [-0.39, 0.29) is 11.9 Å². The van der Waals surface area contributed by atoms with Crippen molar-refractivity contribution in [1.29, 1.82) is 0 Å². The zero-order valence-electron chi connectivity index (χ0n) is 10.2. The summed E-state index contributed by atoms with van der Waals surface area (Å²) in [6.45, 7) is 3.06. The molecule has 1 atom stereocenters. The third-order valence-corrected chi connectivity index (χ3v) is 2.98. The molecule has 0 aliphatic carbocycles. The van der Waals surface area contributed by atoms with E-state index in [1.54, 1.807) is 6.07 Å². The van der Waals surface area contributed by atoms with Gasteiger partial charge in [-0.1, -0.05) is 6.07 Å². The Hall–Kier alpha value is -1.22. The van der Waals surface area contributed by atoms with Gasteiger partial charge in [-0.2, -0.15) is 0 Å². The summed E-state index contributed by atoms with van der Waals surface area (Å²) in [6.07, 6.45) is 2.10. The SMILES string of the molecule is CC1Cc2c(CCN(C)C)ccc(O)c2O1. The molecule has 1 aliphatic heterocycles. The van der Waals surface area contributed by atoms with E-state index >= 15 is 0 Å². The number of benzene rings is 1. The molecule has 3 nitrogen and oxygen atoms in total. The Morgan fingerprint density at radius 2 is 2.19 bits per heavy atom. The van der Waals surface area contributed by atoms with Crippen LogP contribution in [0.3, 0.4) is 0 Å². The first-order chi connectivity index (χ1) is 7.58. The van der Waals surface area contributed by atoms with Crippen LogP contribution in [0.2, 0.25) is 0 Å². The molecule has 1 aromatic carbocycles. The average Bonchev–Trinajstić information content (AvgIpc) is 2.59. The number of phenolic OH excluding ortho intramolecular Hbond substituents is 1. The summed E-state index contributed by atoms with van der Waals surface area (Å²) in [7, 11) is 4.14. The molecule has 1 aliphatic rings. The monoisotopic (exact) mass is 221 g/mol. The van der Waals surface area contributed by atoms with Gasteiger partial charge in [0, 0.05) is 18.5 Å². The lowest BCUT2D eigenvalue weighted by atomic mass is 10.00. The number of likely N-dealkylation sites (N-methyl/N-ethyl adjacent to an activating group) is 1. The van der Waals surface area contributed by atoms with E-state index in [4.69, 9.17) is 4.74 Å². The van der Waals surface area contributed by atoms with Gasteiger partial charge < -0.3 is 14.7 Å². The second-order valence-corrected chi connectivity index (χ2v) is 4.74. The minimum Gasteiger partial charge on any atom is -0.504 e. The first-order valence-corrected chi connectivity index (χ1v) is 5.73. The smallest absolute Gasteiger partial charge is 0.164 e. The van der Waals surface area contributed by atoms with Crippen molar-refractivity contribution < 1.29 is 9.84 Å². The average molecular weight is 221 g/mol. The van der Waals surface area contributed by atoms with Crippen molar-refractivity contribution in [1.82, 2.24) is 4.90 Å². The highest BCUT2D eigenvalue weighted by Gasteiger charge is 2.24. The van der Waals surface area contributed by atoms with E-state index in [1.165, 1.54) is 11.1 Å². The van der Waals surface area contributed by atoms with Gasteiger partial charge in [0.2, 0.25) is 0 Å². The van der Waals surface area contributed by atoms with Gasteiger partial charge in [0.05, 0.1) is 0 Å². The van der Waals surface area contributed by atoms with Crippen molar-refractivity contribution in [3.8, 4) is 11.5 Å². The third-order valence-electron chi connectivity index (χ3n) is 2.98. The van der Waals surface area contributed by atoms with Crippen LogP contribution in [-0.4, -0.2) is 36.8 Å². The van der Waals surface area contributed by atoms with Gasteiger partial charge >= 0.3 is 0 Å². The minimum atomic E-state index is 0.182. The van der Waals surface area contributed by atoms with E-state index in [0.717, 1.165) is 19.4 Å². The Morgan fingerprint density at radius 3 is 2.88 bits per heavy atom. The maximum Gasteiger partial charge on any atom is 0.164 e. The van der Waals surface area contributed by atoms with Crippen LogP contribution in [0.4, 0.5) is 0 Å². The fourth-order valence-electron chi connectivity index (χ4n) is 2.12. The molecule has 0 amide bonds. The molecule has 3 heteroatoms. The largest absolute Gasteiger partial charge is 0.504 e.